The Morgan fingerprint density at radius 2 is 2.12 bits per heavy atom. The standard InChI is InChI=1S/C14H14BrNO/c1-10-3-2-4-11(7-10)14(17)8-13-6-5-12(15)9-16-13/h2-7,9,14,17H,8H2,1H3. The molecule has 1 aromatic heterocycles. The number of hydrogen-bond acceptors (Lipinski definition) is 2. The summed E-state index contributed by atoms with van der Waals surface area (Å²) >= 11 is 3.34. The zero-order valence-electron chi connectivity index (χ0n) is 9.60. The third-order valence-corrected chi connectivity index (χ3v) is 3.09. The van der Waals surface area contributed by atoms with E-state index in [4.69, 9.17) is 0 Å². The predicted molar refractivity (Wildman–Crippen MR) is 71.8 cm³/mol. The van der Waals surface area contributed by atoms with Gasteiger partial charge in [-0.1, -0.05) is 29.8 Å². The van der Waals surface area contributed by atoms with E-state index in [0.717, 1.165) is 21.3 Å². The molecule has 0 amide bonds. The molecule has 3 heteroatoms. The van der Waals surface area contributed by atoms with Crippen molar-refractivity contribution in [2.75, 3.05) is 0 Å². The Hall–Kier alpha value is -1.19. The number of halogens is 1. The number of aliphatic hydroxyl groups excluding tert-OH is 1. The summed E-state index contributed by atoms with van der Waals surface area (Å²) in [5.41, 5.74) is 2.99. The molecule has 0 radical (unpaired) electrons. The van der Waals surface area contributed by atoms with E-state index < -0.39 is 6.10 Å². The van der Waals surface area contributed by atoms with Crippen LogP contribution in [0, 0.1) is 6.92 Å². The maximum absolute atomic E-state index is 10.1. The third kappa shape index (κ3) is 3.38. The maximum atomic E-state index is 10.1. The zero-order valence-corrected chi connectivity index (χ0v) is 11.2. The SMILES string of the molecule is Cc1cccc(C(O)Cc2ccc(Br)cn2)c1. The molecule has 0 saturated heterocycles. The first-order valence-corrected chi connectivity index (χ1v) is 6.29. The molecule has 2 nitrogen and oxygen atoms in total. The summed E-state index contributed by atoms with van der Waals surface area (Å²) in [6, 6.07) is 11.8. The largest absolute Gasteiger partial charge is 0.388 e. The molecule has 1 heterocycles. The second-order valence-corrected chi connectivity index (χ2v) is 5.02. The number of aliphatic hydroxyl groups is 1. The first-order chi connectivity index (χ1) is 8.15. The summed E-state index contributed by atoms with van der Waals surface area (Å²) in [4.78, 5) is 4.26. The van der Waals surface area contributed by atoms with Crippen molar-refractivity contribution in [3.05, 3.63) is 63.9 Å². The van der Waals surface area contributed by atoms with Crippen molar-refractivity contribution < 1.29 is 5.11 Å². The van der Waals surface area contributed by atoms with Gasteiger partial charge in [0, 0.05) is 22.8 Å². The fourth-order valence-corrected chi connectivity index (χ4v) is 1.96. The van der Waals surface area contributed by atoms with Gasteiger partial charge in [0.15, 0.2) is 0 Å². The van der Waals surface area contributed by atoms with Crippen LogP contribution in [0.4, 0.5) is 0 Å². The van der Waals surface area contributed by atoms with Crippen LogP contribution in [0.15, 0.2) is 47.1 Å². The van der Waals surface area contributed by atoms with Gasteiger partial charge in [-0.15, -0.1) is 0 Å². The Morgan fingerprint density at radius 3 is 2.76 bits per heavy atom. The molecule has 2 aromatic rings. The van der Waals surface area contributed by atoms with Gasteiger partial charge in [-0.05, 0) is 40.5 Å². The average molecular weight is 292 g/mol. The van der Waals surface area contributed by atoms with E-state index >= 15 is 0 Å². The van der Waals surface area contributed by atoms with Gasteiger partial charge < -0.3 is 5.11 Å². The molecule has 2 rings (SSSR count). The van der Waals surface area contributed by atoms with Gasteiger partial charge in [-0.2, -0.15) is 0 Å². The van der Waals surface area contributed by atoms with Gasteiger partial charge in [-0.3, -0.25) is 4.98 Å². The normalized spacial score (nSPS) is 12.4. The summed E-state index contributed by atoms with van der Waals surface area (Å²) < 4.78 is 0.950. The van der Waals surface area contributed by atoms with Crippen LogP contribution in [0.5, 0.6) is 0 Å². The molecule has 1 atom stereocenters. The maximum Gasteiger partial charge on any atom is 0.0845 e. The molecule has 0 bridgehead atoms. The number of rotatable bonds is 3. The van der Waals surface area contributed by atoms with E-state index in [-0.39, 0.29) is 0 Å². The third-order valence-electron chi connectivity index (χ3n) is 2.62. The van der Waals surface area contributed by atoms with Crippen LogP contribution in [0.2, 0.25) is 0 Å². The minimum atomic E-state index is -0.497. The van der Waals surface area contributed by atoms with Gasteiger partial charge in [0.05, 0.1) is 6.10 Å². The molecular formula is C14H14BrNO. The van der Waals surface area contributed by atoms with Gasteiger partial charge in [-0.25, -0.2) is 0 Å². The van der Waals surface area contributed by atoms with Crippen molar-refractivity contribution in [2.24, 2.45) is 0 Å². The summed E-state index contributed by atoms with van der Waals surface area (Å²) in [6.07, 6.45) is 1.79. The highest BCUT2D eigenvalue weighted by atomic mass is 79.9. The molecule has 1 unspecified atom stereocenters. The van der Waals surface area contributed by atoms with E-state index in [0.29, 0.717) is 6.42 Å². The van der Waals surface area contributed by atoms with Crippen LogP contribution >= 0.6 is 15.9 Å². The lowest BCUT2D eigenvalue weighted by Crippen LogP contribution is -2.03. The molecular weight excluding hydrogens is 278 g/mol. The van der Waals surface area contributed by atoms with Crippen molar-refractivity contribution in [2.45, 2.75) is 19.4 Å². The number of benzene rings is 1. The molecule has 0 aliphatic rings. The van der Waals surface area contributed by atoms with Crippen LogP contribution in [-0.2, 0) is 6.42 Å². The van der Waals surface area contributed by atoms with E-state index in [1.165, 1.54) is 0 Å². The van der Waals surface area contributed by atoms with Crippen LogP contribution in [0.25, 0.3) is 0 Å². The number of aryl methyl sites for hydroxylation is 1. The molecule has 0 saturated carbocycles. The van der Waals surface area contributed by atoms with E-state index in [9.17, 15) is 5.11 Å². The molecule has 0 fully saturated rings. The van der Waals surface area contributed by atoms with Crippen molar-refractivity contribution in [1.82, 2.24) is 4.98 Å². The topological polar surface area (TPSA) is 33.1 Å². The highest BCUT2D eigenvalue weighted by Gasteiger charge is 2.09. The monoisotopic (exact) mass is 291 g/mol. The smallest absolute Gasteiger partial charge is 0.0845 e. The van der Waals surface area contributed by atoms with Crippen LogP contribution in [0.1, 0.15) is 22.9 Å². The van der Waals surface area contributed by atoms with Crippen LogP contribution in [0.3, 0.4) is 0 Å². The summed E-state index contributed by atoms with van der Waals surface area (Å²) in [7, 11) is 0. The minimum Gasteiger partial charge on any atom is -0.388 e. The number of nitrogens with zero attached hydrogens (tertiary/aromatic N) is 1. The molecule has 1 aromatic carbocycles. The highest BCUT2D eigenvalue weighted by molar-refractivity contribution is 9.10. The van der Waals surface area contributed by atoms with Crippen LogP contribution in [-0.4, -0.2) is 10.1 Å². The van der Waals surface area contributed by atoms with E-state index in [1.807, 2.05) is 43.3 Å². The summed E-state index contributed by atoms with van der Waals surface area (Å²) in [5, 5.41) is 10.1. The van der Waals surface area contributed by atoms with Gasteiger partial charge >= 0.3 is 0 Å². The lowest BCUT2D eigenvalue weighted by molar-refractivity contribution is 0.177. The Labute approximate surface area is 109 Å². The Morgan fingerprint density at radius 1 is 1.29 bits per heavy atom. The molecule has 1 N–H and O–H groups in total. The molecule has 88 valence electrons. The Balaban J connectivity index is 2.11. The first kappa shape index (κ1) is 12.3. The molecule has 0 aliphatic carbocycles. The van der Waals surface area contributed by atoms with Gasteiger partial charge in [0.25, 0.3) is 0 Å². The first-order valence-electron chi connectivity index (χ1n) is 5.50. The Bertz CT molecular complexity index is 496. The summed E-state index contributed by atoms with van der Waals surface area (Å²) in [6.45, 7) is 2.02. The van der Waals surface area contributed by atoms with Crippen molar-refractivity contribution in [3.63, 3.8) is 0 Å². The molecule has 0 aliphatic heterocycles. The summed E-state index contributed by atoms with van der Waals surface area (Å²) in [5.74, 6) is 0. The molecule has 0 spiro atoms. The zero-order chi connectivity index (χ0) is 12.3. The van der Waals surface area contributed by atoms with Gasteiger partial charge in [0.2, 0.25) is 0 Å². The fraction of sp³-hybridized carbons (Fsp3) is 0.214. The van der Waals surface area contributed by atoms with Gasteiger partial charge in [0.1, 0.15) is 0 Å². The van der Waals surface area contributed by atoms with Crippen molar-refractivity contribution in [3.8, 4) is 0 Å². The van der Waals surface area contributed by atoms with Crippen LogP contribution < -0.4 is 0 Å². The highest BCUT2D eigenvalue weighted by Crippen LogP contribution is 2.19. The fourth-order valence-electron chi connectivity index (χ4n) is 1.72. The lowest BCUT2D eigenvalue weighted by atomic mass is 10.0. The number of hydrogen-bond donors (Lipinski definition) is 1. The number of aromatic nitrogens is 1. The quantitative estimate of drug-likeness (QED) is 0.940. The number of pyridine rings is 1. The minimum absolute atomic E-state index is 0.497. The Kier molecular flexibility index (Phi) is 3.92. The predicted octanol–water partition coefficient (Wildman–Crippen LogP) is 3.43. The van der Waals surface area contributed by atoms with Crippen molar-refractivity contribution in [1.29, 1.82) is 0 Å². The average Bonchev–Trinajstić information content (AvgIpc) is 2.32. The van der Waals surface area contributed by atoms with E-state index in [1.54, 1.807) is 6.20 Å². The second-order valence-electron chi connectivity index (χ2n) is 4.10. The second kappa shape index (κ2) is 5.43. The van der Waals surface area contributed by atoms with Crippen molar-refractivity contribution >= 4 is 15.9 Å². The van der Waals surface area contributed by atoms with E-state index in [2.05, 4.69) is 20.9 Å². The lowest BCUT2D eigenvalue weighted by Gasteiger charge is -2.11. The molecule has 17 heavy (non-hydrogen) atoms.